The number of carbonyl (C=O) groups excluding carboxylic acids is 2. The Hall–Kier alpha value is -1.35. The van der Waals surface area contributed by atoms with Gasteiger partial charge in [0.2, 0.25) is 5.91 Å². The Morgan fingerprint density at radius 3 is 2.47 bits per heavy atom. The fraction of sp³-hybridized carbons (Fsp3) is 0.273. The highest BCUT2D eigenvalue weighted by Gasteiger charge is 2.25. The van der Waals surface area contributed by atoms with Crippen LogP contribution in [-0.4, -0.2) is 11.7 Å². The minimum absolute atomic E-state index is 0.00406. The zero-order chi connectivity index (χ0) is 10.8. The monoisotopic (exact) mass is 223 g/mol. The first kappa shape index (κ1) is 10.2. The fourth-order valence-corrected chi connectivity index (χ4v) is 1.80. The summed E-state index contributed by atoms with van der Waals surface area (Å²) in [6.07, 6.45) is 0.372. The quantitative estimate of drug-likeness (QED) is 0.739. The first-order valence-corrected chi connectivity index (χ1v) is 5.09. The third-order valence-corrected chi connectivity index (χ3v) is 2.65. The Kier molecular flexibility index (Phi) is 2.73. The van der Waals surface area contributed by atoms with Gasteiger partial charge in [-0.3, -0.25) is 9.59 Å². The van der Waals surface area contributed by atoms with Crippen molar-refractivity contribution in [3.63, 3.8) is 0 Å². The summed E-state index contributed by atoms with van der Waals surface area (Å²) in [5, 5.41) is 3.43. The van der Waals surface area contributed by atoms with Gasteiger partial charge in [0.25, 0.3) is 0 Å². The SMILES string of the molecule is O=C1CC(=O)NC(c2ccc(Cl)cc2)C1. The normalized spacial score (nSPS) is 21.3. The number of carbonyl (C=O) groups is 2. The van der Waals surface area contributed by atoms with Gasteiger partial charge in [-0.15, -0.1) is 0 Å². The molecule has 4 heteroatoms. The van der Waals surface area contributed by atoms with E-state index in [1.807, 2.05) is 12.1 Å². The number of amides is 1. The molecule has 1 fully saturated rings. The lowest BCUT2D eigenvalue weighted by molar-refractivity contribution is -0.132. The summed E-state index contributed by atoms with van der Waals surface area (Å²) in [5.74, 6) is -0.218. The van der Waals surface area contributed by atoms with Crippen molar-refractivity contribution in [3.8, 4) is 0 Å². The van der Waals surface area contributed by atoms with E-state index in [4.69, 9.17) is 11.6 Å². The van der Waals surface area contributed by atoms with E-state index >= 15 is 0 Å². The molecule has 1 aromatic rings. The maximum atomic E-state index is 11.2. The molecule has 1 N–H and O–H groups in total. The standard InChI is InChI=1S/C11H10ClNO2/c12-8-3-1-7(2-4-8)10-5-9(14)6-11(15)13-10/h1-4,10H,5-6H2,(H,13,15). The van der Waals surface area contributed by atoms with Crippen LogP contribution in [0, 0.1) is 0 Å². The molecule has 78 valence electrons. The van der Waals surface area contributed by atoms with Crippen LogP contribution in [0.5, 0.6) is 0 Å². The topological polar surface area (TPSA) is 46.2 Å². The molecule has 15 heavy (non-hydrogen) atoms. The maximum Gasteiger partial charge on any atom is 0.227 e. The second-order valence-corrected chi connectivity index (χ2v) is 4.03. The van der Waals surface area contributed by atoms with Gasteiger partial charge < -0.3 is 5.32 Å². The van der Waals surface area contributed by atoms with Crippen LogP contribution in [-0.2, 0) is 9.59 Å². The molecule has 0 radical (unpaired) electrons. The van der Waals surface area contributed by atoms with E-state index < -0.39 is 0 Å². The van der Waals surface area contributed by atoms with E-state index in [-0.39, 0.29) is 24.2 Å². The lowest BCUT2D eigenvalue weighted by atomic mass is 9.96. The summed E-state index contributed by atoms with van der Waals surface area (Å²) in [4.78, 5) is 22.4. The number of nitrogens with one attached hydrogen (secondary N) is 1. The number of ketones is 1. The van der Waals surface area contributed by atoms with Crippen LogP contribution in [0.25, 0.3) is 0 Å². The molecule has 0 bridgehead atoms. The Morgan fingerprint density at radius 2 is 1.87 bits per heavy atom. The highest BCUT2D eigenvalue weighted by Crippen LogP contribution is 2.22. The van der Waals surface area contributed by atoms with Gasteiger partial charge in [-0.2, -0.15) is 0 Å². The summed E-state index contributed by atoms with van der Waals surface area (Å²) in [6, 6.07) is 6.96. The van der Waals surface area contributed by atoms with Crippen molar-refractivity contribution in [1.82, 2.24) is 5.32 Å². The minimum Gasteiger partial charge on any atom is -0.348 e. The largest absolute Gasteiger partial charge is 0.348 e. The summed E-state index contributed by atoms with van der Waals surface area (Å²) in [6.45, 7) is 0. The second kappa shape index (κ2) is 4.03. The predicted molar refractivity (Wildman–Crippen MR) is 56.6 cm³/mol. The van der Waals surface area contributed by atoms with Crippen LogP contribution < -0.4 is 5.32 Å². The average Bonchev–Trinajstić information content (AvgIpc) is 2.17. The van der Waals surface area contributed by atoms with Gasteiger partial charge in [-0.25, -0.2) is 0 Å². The summed E-state index contributed by atoms with van der Waals surface area (Å²) < 4.78 is 0. The Labute approximate surface area is 92.4 Å². The number of piperidine rings is 1. The minimum atomic E-state index is -0.203. The molecule has 1 heterocycles. The number of hydrogen-bond acceptors (Lipinski definition) is 2. The van der Waals surface area contributed by atoms with Crippen molar-refractivity contribution < 1.29 is 9.59 Å². The second-order valence-electron chi connectivity index (χ2n) is 3.59. The first-order chi connectivity index (χ1) is 7.15. The molecular formula is C11H10ClNO2. The predicted octanol–water partition coefficient (Wildman–Crippen LogP) is 1.86. The first-order valence-electron chi connectivity index (χ1n) is 4.71. The molecule has 0 aromatic heterocycles. The number of halogens is 1. The average molecular weight is 224 g/mol. The third-order valence-electron chi connectivity index (χ3n) is 2.40. The zero-order valence-electron chi connectivity index (χ0n) is 8.00. The molecule has 1 aromatic carbocycles. The Bertz CT molecular complexity index is 384. The molecule has 1 aliphatic heterocycles. The van der Waals surface area contributed by atoms with Crippen LogP contribution >= 0.6 is 11.6 Å². The molecule has 0 saturated carbocycles. The van der Waals surface area contributed by atoms with E-state index in [1.165, 1.54) is 0 Å². The lowest BCUT2D eigenvalue weighted by Crippen LogP contribution is -2.36. The molecular weight excluding hydrogens is 214 g/mol. The Balaban J connectivity index is 2.19. The van der Waals surface area contributed by atoms with Crippen molar-refractivity contribution in [1.29, 1.82) is 0 Å². The zero-order valence-corrected chi connectivity index (χ0v) is 8.75. The molecule has 3 nitrogen and oxygen atoms in total. The van der Waals surface area contributed by atoms with Crippen molar-refractivity contribution in [2.24, 2.45) is 0 Å². The van der Waals surface area contributed by atoms with Crippen molar-refractivity contribution >= 4 is 23.3 Å². The smallest absolute Gasteiger partial charge is 0.227 e. The molecule has 2 rings (SSSR count). The molecule has 1 amide bonds. The van der Waals surface area contributed by atoms with Crippen LogP contribution in [0.1, 0.15) is 24.4 Å². The van der Waals surface area contributed by atoms with E-state index in [0.717, 1.165) is 5.56 Å². The van der Waals surface area contributed by atoms with E-state index in [2.05, 4.69) is 5.32 Å². The van der Waals surface area contributed by atoms with E-state index in [0.29, 0.717) is 11.4 Å². The molecule has 1 aliphatic rings. The van der Waals surface area contributed by atoms with Crippen molar-refractivity contribution in [2.75, 3.05) is 0 Å². The van der Waals surface area contributed by atoms with Crippen LogP contribution in [0.3, 0.4) is 0 Å². The molecule has 1 unspecified atom stereocenters. The van der Waals surface area contributed by atoms with Crippen LogP contribution in [0.2, 0.25) is 5.02 Å². The molecule has 1 saturated heterocycles. The summed E-state index contributed by atoms with van der Waals surface area (Å²) >= 11 is 5.75. The maximum absolute atomic E-state index is 11.2. The fourth-order valence-electron chi connectivity index (χ4n) is 1.67. The molecule has 1 atom stereocenters. The molecule has 0 aliphatic carbocycles. The van der Waals surface area contributed by atoms with Crippen LogP contribution in [0.15, 0.2) is 24.3 Å². The highest BCUT2D eigenvalue weighted by molar-refractivity contribution is 6.30. The number of rotatable bonds is 1. The summed E-state index contributed by atoms with van der Waals surface area (Å²) in [5.41, 5.74) is 0.917. The van der Waals surface area contributed by atoms with Gasteiger partial charge in [-0.1, -0.05) is 23.7 Å². The van der Waals surface area contributed by atoms with Crippen molar-refractivity contribution in [2.45, 2.75) is 18.9 Å². The third kappa shape index (κ3) is 2.36. The Morgan fingerprint density at radius 1 is 1.20 bits per heavy atom. The van der Waals surface area contributed by atoms with Crippen LogP contribution in [0.4, 0.5) is 0 Å². The number of hydrogen-bond donors (Lipinski definition) is 1. The van der Waals surface area contributed by atoms with Gasteiger partial charge >= 0.3 is 0 Å². The van der Waals surface area contributed by atoms with Gasteiger partial charge in [0.05, 0.1) is 12.5 Å². The van der Waals surface area contributed by atoms with E-state index in [1.54, 1.807) is 12.1 Å². The van der Waals surface area contributed by atoms with Gasteiger partial charge in [-0.05, 0) is 17.7 Å². The van der Waals surface area contributed by atoms with Gasteiger partial charge in [0, 0.05) is 11.4 Å². The van der Waals surface area contributed by atoms with Crippen molar-refractivity contribution in [3.05, 3.63) is 34.9 Å². The molecule has 0 spiro atoms. The van der Waals surface area contributed by atoms with Gasteiger partial charge in [0.15, 0.2) is 0 Å². The van der Waals surface area contributed by atoms with E-state index in [9.17, 15) is 9.59 Å². The lowest BCUT2D eigenvalue weighted by Gasteiger charge is -2.22. The number of Topliss-reactive ketones (excluding diaryl/α,β-unsaturated/α-hetero) is 1. The highest BCUT2D eigenvalue weighted by atomic mass is 35.5. The van der Waals surface area contributed by atoms with Gasteiger partial charge in [0.1, 0.15) is 5.78 Å². The summed E-state index contributed by atoms with van der Waals surface area (Å²) in [7, 11) is 0. The number of benzene rings is 1.